The van der Waals surface area contributed by atoms with Crippen molar-refractivity contribution in [1.29, 1.82) is 0 Å². The lowest BCUT2D eigenvalue weighted by atomic mass is 9.81. The lowest BCUT2D eigenvalue weighted by Gasteiger charge is -2.38. The number of aliphatic hydroxyl groups is 2. The van der Waals surface area contributed by atoms with Gasteiger partial charge in [0.1, 0.15) is 5.75 Å². The second-order valence-corrected chi connectivity index (χ2v) is 10.5. The first-order valence-electron chi connectivity index (χ1n) is 12.2. The Balaban J connectivity index is 1.29. The first-order chi connectivity index (χ1) is 16.6. The van der Waals surface area contributed by atoms with Crippen molar-refractivity contribution in [3.63, 3.8) is 0 Å². The smallest absolute Gasteiger partial charge is 0.119 e. The topological polar surface area (TPSA) is 65.8 Å². The normalized spacial score (nSPS) is 19.9. The molecule has 182 valence electrons. The number of methoxy groups -OCH3 is 1. The molecule has 1 fully saturated rings. The summed E-state index contributed by atoms with van der Waals surface area (Å²) >= 11 is 1.90. The van der Waals surface area contributed by atoms with Crippen LogP contribution in [0.5, 0.6) is 5.75 Å². The second-order valence-electron chi connectivity index (χ2n) is 9.33. The molecule has 2 aromatic carbocycles. The Morgan fingerprint density at radius 3 is 2.74 bits per heavy atom. The summed E-state index contributed by atoms with van der Waals surface area (Å²) in [5, 5.41) is 22.0. The number of aliphatic hydroxyl groups excluding tert-OH is 2. The van der Waals surface area contributed by atoms with Gasteiger partial charge in [0.25, 0.3) is 0 Å². The van der Waals surface area contributed by atoms with Crippen LogP contribution in [-0.2, 0) is 0 Å². The number of benzene rings is 2. The fraction of sp³-hybridized carbons (Fsp3) is 0.464. The van der Waals surface area contributed by atoms with E-state index in [1.165, 1.54) is 10.5 Å². The fourth-order valence-electron chi connectivity index (χ4n) is 4.96. The SMILES string of the molecule is COc1ccc2nccc(C(O)CC[C@@H]3CCN(CCSc4ccc(C)cc4)C[C@@H]3CO)c2c1. The summed E-state index contributed by atoms with van der Waals surface area (Å²) in [7, 11) is 1.65. The number of thioether (sulfide) groups is 1. The number of nitrogens with zero attached hydrogens (tertiary/aromatic N) is 2. The zero-order chi connectivity index (χ0) is 23.9. The summed E-state index contributed by atoms with van der Waals surface area (Å²) in [6.07, 6.45) is 3.86. The molecule has 3 aromatic rings. The minimum atomic E-state index is -0.555. The maximum Gasteiger partial charge on any atom is 0.119 e. The Hall–Kier alpha value is -2.12. The molecule has 0 amide bonds. The summed E-state index contributed by atoms with van der Waals surface area (Å²) in [5.74, 6) is 2.52. The third-order valence-electron chi connectivity index (χ3n) is 7.06. The standard InChI is InChI=1S/C28H36N2O3S/c1-20-3-7-24(8-4-20)34-16-15-30-14-12-21(22(18-30)19-31)5-10-28(32)25-11-13-29-27-9-6-23(33-2)17-26(25)27/h3-4,6-9,11,13,17,21-22,28,31-32H,5,10,12,14-16,18-19H2,1-2H3/t21-,22-,28?/m1/s1. The van der Waals surface area contributed by atoms with Gasteiger partial charge >= 0.3 is 0 Å². The highest BCUT2D eigenvalue weighted by Gasteiger charge is 2.29. The molecule has 1 aromatic heterocycles. The van der Waals surface area contributed by atoms with Gasteiger partial charge in [0.15, 0.2) is 0 Å². The number of aryl methyl sites for hydroxylation is 1. The van der Waals surface area contributed by atoms with Crippen molar-refractivity contribution in [3.05, 3.63) is 65.9 Å². The van der Waals surface area contributed by atoms with Crippen LogP contribution in [0.15, 0.2) is 59.6 Å². The minimum Gasteiger partial charge on any atom is -0.497 e. The summed E-state index contributed by atoms with van der Waals surface area (Å²) in [5.41, 5.74) is 3.05. The second kappa shape index (κ2) is 12.0. The molecule has 2 heterocycles. The highest BCUT2D eigenvalue weighted by atomic mass is 32.2. The maximum atomic E-state index is 11.0. The zero-order valence-electron chi connectivity index (χ0n) is 20.2. The number of fused-ring (bicyclic) bond motifs is 1. The number of ether oxygens (including phenoxy) is 1. The largest absolute Gasteiger partial charge is 0.497 e. The van der Waals surface area contributed by atoms with Gasteiger partial charge in [0, 0.05) is 41.9 Å². The van der Waals surface area contributed by atoms with E-state index in [4.69, 9.17) is 4.74 Å². The lowest BCUT2D eigenvalue weighted by molar-refractivity contribution is 0.0608. The summed E-state index contributed by atoms with van der Waals surface area (Å²) in [6, 6.07) is 16.4. The molecule has 3 atom stereocenters. The van der Waals surface area contributed by atoms with Crippen LogP contribution in [0.2, 0.25) is 0 Å². The molecule has 0 radical (unpaired) electrons. The molecule has 1 saturated heterocycles. The number of piperidine rings is 1. The number of pyridine rings is 1. The van der Waals surface area contributed by atoms with E-state index in [1.54, 1.807) is 13.3 Å². The van der Waals surface area contributed by atoms with E-state index >= 15 is 0 Å². The van der Waals surface area contributed by atoms with Gasteiger partial charge < -0.3 is 19.8 Å². The van der Waals surface area contributed by atoms with Gasteiger partial charge in [-0.2, -0.15) is 0 Å². The van der Waals surface area contributed by atoms with Crippen molar-refractivity contribution in [2.24, 2.45) is 11.8 Å². The fourth-order valence-corrected chi connectivity index (χ4v) is 5.88. The van der Waals surface area contributed by atoms with Crippen LogP contribution in [0.25, 0.3) is 10.9 Å². The van der Waals surface area contributed by atoms with Gasteiger partial charge in [0.05, 0.1) is 18.7 Å². The third kappa shape index (κ3) is 6.30. The third-order valence-corrected chi connectivity index (χ3v) is 8.05. The molecule has 1 aliphatic heterocycles. The molecule has 34 heavy (non-hydrogen) atoms. The highest BCUT2D eigenvalue weighted by Crippen LogP contribution is 2.33. The van der Waals surface area contributed by atoms with Crippen LogP contribution in [0.3, 0.4) is 0 Å². The first-order valence-corrected chi connectivity index (χ1v) is 13.2. The van der Waals surface area contributed by atoms with Crippen LogP contribution in [0.4, 0.5) is 0 Å². The average molecular weight is 481 g/mol. The molecule has 0 bridgehead atoms. The predicted octanol–water partition coefficient (Wildman–Crippen LogP) is 5.09. The number of hydrogen-bond acceptors (Lipinski definition) is 6. The van der Waals surface area contributed by atoms with Crippen molar-refractivity contribution in [2.75, 3.05) is 39.1 Å². The molecule has 0 aliphatic carbocycles. The summed E-state index contributed by atoms with van der Waals surface area (Å²) < 4.78 is 5.37. The van der Waals surface area contributed by atoms with Crippen molar-refractivity contribution < 1.29 is 14.9 Å². The van der Waals surface area contributed by atoms with Crippen molar-refractivity contribution in [3.8, 4) is 5.75 Å². The first kappa shape index (κ1) is 25.0. The monoisotopic (exact) mass is 480 g/mol. The van der Waals surface area contributed by atoms with Gasteiger partial charge in [-0.05, 0) is 86.5 Å². The van der Waals surface area contributed by atoms with Crippen LogP contribution < -0.4 is 4.74 Å². The Labute approximate surface area is 207 Å². The quantitative estimate of drug-likeness (QED) is 0.394. The van der Waals surface area contributed by atoms with Gasteiger partial charge in [0.2, 0.25) is 0 Å². The van der Waals surface area contributed by atoms with Crippen LogP contribution in [0.1, 0.15) is 36.5 Å². The van der Waals surface area contributed by atoms with E-state index in [-0.39, 0.29) is 12.5 Å². The zero-order valence-corrected chi connectivity index (χ0v) is 21.0. The van der Waals surface area contributed by atoms with Gasteiger partial charge in [-0.1, -0.05) is 17.7 Å². The summed E-state index contributed by atoms with van der Waals surface area (Å²) in [4.78, 5) is 8.22. The van der Waals surface area contributed by atoms with Gasteiger partial charge in [-0.3, -0.25) is 4.98 Å². The molecular weight excluding hydrogens is 444 g/mol. The van der Waals surface area contributed by atoms with Crippen molar-refractivity contribution in [2.45, 2.75) is 37.2 Å². The Morgan fingerprint density at radius 2 is 1.97 bits per heavy atom. The number of aromatic nitrogens is 1. The molecule has 1 unspecified atom stereocenters. The predicted molar refractivity (Wildman–Crippen MR) is 140 cm³/mol. The van der Waals surface area contributed by atoms with Crippen LogP contribution >= 0.6 is 11.8 Å². The minimum absolute atomic E-state index is 0.206. The Bertz CT molecular complexity index is 1060. The van der Waals surface area contributed by atoms with E-state index in [1.807, 2.05) is 36.0 Å². The lowest BCUT2D eigenvalue weighted by Crippen LogP contribution is -2.43. The average Bonchev–Trinajstić information content (AvgIpc) is 2.88. The van der Waals surface area contributed by atoms with E-state index in [0.717, 1.165) is 60.4 Å². The number of rotatable bonds is 10. The molecule has 2 N–H and O–H groups in total. The maximum absolute atomic E-state index is 11.0. The van der Waals surface area contributed by atoms with Crippen molar-refractivity contribution in [1.82, 2.24) is 9.88 Å². The van der Waals surface area contributed by atoms with Crippen molar-refractivity contribution >= 4 is 22.7 Å². The van der Waals surface area contributed by atoms with Crippen LogP contribution in [-0.4, -0.2) is 59.2 Å². The molecule has 4 rings (SSSR count). The molecule has 6 heteroatoms. The van der Waals surface area contributed by atoms with E-state index in [9.17, 15) is 10.2 Å². The summed E-state index contributed by atoms with van der Waals surface area (Å²) in [6.45, 7) is 5.35. The van der Waals surface area contributed by atoms with Crippen LogP contribution in [0, 0.1) is 18.8 Å². The highest BCUT2D eigenvalue weighted by molar-refractivity contribution is 7.99. The molecule has 1 aliphatic rings. The number of likely N-dealkylation sites (tertiary alicyclic amines) is 1. The molecule has 0 spiro atoms. The number of hydrogen-bond donors (Lipinski definition) is 2. The Morgan fingerprint density at radius 1 is 1.15 bits per heavy atom. The molecular formula is C28H36N2O3S. The van der Waals surface area contributed by atoms with E-state index in [2.05, 4.69) is 41.1 Å². The van der Waals surface area contributed by atoms with Gasteiger partial charge in [-0.25, -0.2) is 0 Å². The molecule has 0 saturated carbocycles. The van der Waals surface area contributed by atoms with E-state index < -0.39 is 6.10 Å². The Kier molecular flexibility index (Phi) is 8.84. The molecule has 5 nitrogen and oxygen atoms in total. The van der Waals surface area contributed by atoms with E-state index in [0.29, 0.717) is 12.3 Å². The van der Waals surface area contributed by atoms with Gasteiger partial charge in [-0.15, -0.1) is 11.8 Å².